The van der Waals surface area contributed by atoms with Crippen molar-refractivity contribution in [2.75, 3.05) is 66.1 Å². The van der Waals surface area contributed by atoms with Gasteiger partial charge in [-0.05, 0) is 164 Å². The number of Topliss-reactive ketones (excluding diaryl/α,β-unsaturated/α-hetero) is 3. The third-order valence-corrected chi connectivity index (χ3v) is 24.7. The number of hydrogen-bond acceptors (Lipinski definition) is 34. The predicted molar refractivity (Wildman–Crippen MR) is 469 cm³/mol. The maximum Gasteiger partial charge on any atom is 0.387 e. The summed E-state index contributed by atoms with van der Waals surface area (Å²) in [6.45, 7) is 26.0. The van der Waals surface area contributed by atoms with E-state index in [0.717, 1.165) is 17.0 Å². The van der Waals surface area contributed by atoms with Gasteiger partial charge in [0.1, 0.15) is 99.8 Å². The molecular weight excluding hydrogens is 1680 g/mol. The van der Waals surface area contributed by atoms with E-state index in [9.17, 15) is 64.3 Å². The Morgan fingerprint density at radius 1 is 0.581 bits per heavy atom. The molecule has 40 heteroatoms. The molecule has 129 heavy (non-hydrogen) atoms. The first kappa shape index (κ1) is 107. The van der Waals surface area contributed by atoms with Crippen LogP contribution in [0.15, 0.2) is 88.4 Å². The number of anilines is 2. The van der Waals surface area contributed by atoms with Crippen molar-refractivity contribution in [2.45, 2.75) is 285 Å². The number of esters is 3. The molecule has 6 aliphatic rings. The van der Waals surface area contributed by atoms with Crippen LogP contribution in [0.2, 0.25) is 0 Å². The van der Waals surface area contributed by atoms with E-state index in [1.54, 1.807) is 112 Å². The van der Waals surface area contributed by atoms with Crippen LogP contribution in [0.4, 0.5) is 11.6 Å². The number of oxime groups is 1. The van der Waals surface area contributed by atoms with E-state index in [2.05, 4.69) is 40.1 Å². The molecule has 716 valence electrons. The Bertz CT molecular complexity index is 4540. The molecule has 6 fully saturated rings. The van der Waals surface area contributed by atoms with E-state index in [4.69, 9.17) is 74.3 Å². The summed E-state index contributed by atoms with van der Waals surface area (Å²) < 4.78 is 69.1. The molecule has 0 aliphatic carbocycles. The second kappa shape index (κ2) is 46.6. The Hall–Kier alpha value is -9.37. The lowest BCUT2D eigenvalue weighted by Gasteiger charge is -2.48. The van der Waals surface area contributed by atoms with Crippen LogP contribution in [-0.4, -0.2) is 281 Å². The van der Waals surface area contributed by atoms with Crippen molar-refractivity contribution in [1.82, 2.24) is 29.7 Å². The number of hydrazone groups is 2. The lowest BCUT2D eigenvalue weighted by atomic mass is 9.73. The predicted octanol–water partition coefficient (Wildman–Crippen LogP) is 7.68. The quantitative estimate of drug-likeness (QED) is 0.0205. The van der Waals surface area contributed by atoms with Crippen LogP contribution in [-0.2, 0) is 104 Å². The Kier molecular flexibility index (Phi) is 38.6. The fourth-order valence-corrected chi connectivity index (χ4v) is 18.1. The van der Waals surface area contributed by atoms with Gasteiger partial charge in [0.25, 0.3) is 0 Å². The van der Waals surface area contributed by atoms with Crippen LogP contribution in [0.25, 0.3) is 22.8 Å². The molecule has 10 heterocycles. The zero-order valence-corrected chi connectivity index (χ0v) is 77.1. The summed E-state index contributed by atoms with van der Waals surface area (Å²) in [5.74, 6) is -6.31. The number of pyridine rings is 4. The minimum atomic E-state index is -1.96. The molecule has 6 saturated heterocycles. The highest BCUT2D eigenvalue weighted by Crippen LogP contribution is 2.44. The van der Waals surface area contributed by atoms with E-state index >= 15 is 0 Å². The molecule has 0 spiro atoms. The number of carbonyl (C=O) groups is 6. The summed E-state index contributed by atoms with van der Waals surface area (Å²) in [4.78, 5) is 138. The molecule has 0 unspecified atom stereocenters. The Labute approximate surface area is 753 Å². The molecule has 0 amide bonds. The monoisotopic (exact) mass is 1820 g/mol. The number of cyclic esters (lactones) is 2. The second-order valence-corrected chi connectivity index (χ2v) is 35.6. The number of carbonyl (C=O) groups excluding carboxylic acids is 6. The van der Waals surface area contributed by atoms with Crippen molar-refractivity contribution >= 4 is 64.0 Å². The van der Waals surface area contributed by atoms with Gasteiger partial charge in [-0.3, -0.25) is 43.6 Å². The van der Waals surface area contributed by atoms with Gasteiger partial charge in [0.15, 0.2) is 36.0 Å². The molecular formula is C89H136N14O26+2. The molecule has 4 aromatic rings. The number of ketones is 3. The van der Waals surface area contributed by atoms with E-state index in [-0.39, 0.29) is 94.4 Å². The van der Waals surface area contributed by atoms with E-state index in [1.807, 2.05) is 82.2 Å². The summed E-state index contributed by atoms with van der Waals surface area (Å²) in [6.07, 6.45) is -8.18. The van der Waals surface area contributed by atoms with Crippen LogP contribution < -0.4 is 17.4 Å². The number of nitrogens with zero attached hydrogens (tertiary/aromatic N) is 11. The van der Waals surface area contributed by atoms with E-state index in [0.29, 0.717) is 48.0 Å². The minimum Gasteiger partial charge on any atom is -0.459 e. The summed E-state index contributed by atoms with van der Waals surface area (Å²) in [7, 11) is 7.34. The normalized spacial score (nSPS) is 35.2. The maximum absolute atomic E-state index is 14.5. The number of hydrogen-bond donors (Lipinski definition) is 8. The third kappa shape index (κ3) is 27.2. The molecule has 6 aliphatic heterocycles. The second-order valence-electron chi connectivity index (χ2n) is 35.6. The number of aliphatic hydroxyl groups is 3. The van der Waals surface area contributed by atoms with Gasteiger partial charge >= 0.3 is 28.0 Å². The van der Waals surface area contributed by atoms with E-state index < -0.39 is 190 Å². The van der Waals surface area contributed by atoms with Gasteiger partial charge in [-0.15, -0.1) is 0 Å². The number of ether oxygens (including phenoxy) is 11. The molecule has 11 N–H and O–H groups in total. The van der Waals surface area contributed by atoms with Crippen LogP contribution in [0.5, 0.6) is 0 Å². The summed E-state index contributed by atoms with van der Waals surface area (Å²) >= 11 is 0. The standard InChI is InChI=1S/C43H64N7O12.C34H56N3O13.C11H12N4O.CH4/c1-11-33-43(8,54)39-25(4)35(47-50(55)56)23(2)18-42(7,38(26(5)36(51)27(6)40(53)61-33)62-41-37(52)32(49(9)10)17-24(3)60-41)58-22-29(21-57-39)48-59-20-28-15-16-30(45-19-28)31-13-12-14-34(44)46-31;1-12-25-34(9,42)30-19(4)26(35-37(43)44)17(2)14-33(8,46-16-23(39)15-45-30)29(20(5)27(40)21(6)31(41)49-25)50-32-28(48-22(7)38)24(36(10)11)13-18(3)47-32;12-11-3-1-2-10(15-11)9-5-4-8(6-14-9)7-16-13;/h12-16,19,23-27,32-33,37-39,41,52,54H,11,17-18,20-22H2,1-10H3,(H2,44,46)(H,55,56);17-21,24-25,28-30,32,42H,12-16H2,1-11H3,(H,43,44);1-6H,7,13H2,(H2,12,15);1H4/q2*+1;;/b47-35+,48-29+;35-26+;;/t23-,24-,25+,26+,27-,32+,33-,37-,38-,39-,41+,42-,43-;17-,18-,19+,20+,21-,24+,25-,28-,29-,30-,32+,33-,34-;;/m11../s1. The van der Waals surface area contributed by atoms with Crippen molar-refractivity contribution < 1.29 is 126 Å². The average molecular weight is 1820 g/mol. The zero-order chi connectivity index (χ0) is 94.9. The van der Waals surface area contributed by atoms with E-state index in [1.165, 1.54) is 34.6 Å². The fourth-order valence-electron chi connectivity index (χ4n) is 18.1. The molecule has 4 aromatic heterocycles. The number of rotatable bonds is 18. The lowest BCUT2D eigenvalue weighted by Crippen LogP contribution is -2.60. The molecule has 26 atom stereocenters. The molecule has 40 nitrogen and oxygen atoms in total. The number of aliphatic hydroxyl groups excluding tert-OH is 1. The third-order valence-electron chi connectivity index (χ3n) is 24.7. The Morgan fingerprint density at radius 3 is 1.42 bits per heavy atom. The molecule has 0 aromatic carbocycles. The highest BCUT2D eigenvalue weighted by atomic mass is 16.7. The molecule has 0 radical (unpaired) electrons. The first-order chi connectivity index (χ1) is 60.1. The van der Waals surface area contributed by atoms with Crippen LogP contribution in [0.3, 0.4) is 0 Å². The Balaban J connectivity index is 0.000000303. The number of likely N-dealkylation sites (N-methyl/N-ethyl adjacent to an activating group) is 2. The largest absolute Gasteiger partial charge is 0.459 e. The smallest absolute Gasteiger partial charge is 0.387 e. The number of nitrogens with two attached hydrogens (primary N) is 3. The van der Waals surface area contributed by atoms with Crippen molar-refractivity contribution in [1.29, 1.82) is 0 Å². The number of fused-ring (bicyclic) bond motifs is 10. The van der Waals surface area contributed by atoms with Gasteiger partial charge in [-0.25, -0.2) is 26.3 Å². The van der Waals surface area contributed by atoms with Gasteiger partial charge in [-0.1, -0.05) is 92.2 Å². The van der Waals surface area contributed by atoms with Crippen LogP contribution in [0, 0.1) is 57.2 Å². The van der Waals surface area contributed by atoms with Gasteiger partial charge in [0.05, 0.1) is 107 Å². The molecule has 10 rings (SSSR count). The minimum absolute atomic E-state index is 0. The van der Waals surface area contributed by atoms with Crippen LogP contribution >= 0.6 is 0 Å². The van der Waals surface area contributed by atoms with Crippen molar-refractivity contribution in [3.8, 4) is 22.8 Å². The van der Waals surface area contributed by atoms with Crippen molar-refractivity contribution in [3.63, 3.8) is 0 Å². The highest BCUT2D eigenvalue weighted by molar-refractivity contribution is 6.01. The number of aromatic nitrogens is 4. The van der Waals surface area contributed by atoms with Crippen molar-refractivity contribution in [2.24, 2.45) is 68.6 Å². The summed E-state index contributed by atoms with van der Waals surface area (Å²) in [6, 6.07) is 17.3. The summed E-state index contributed by atoms with van der Waals surface area (Å²) in [5, 5.41) is 66.9. The maximum atomic E-state index is 14.5. The van der Waals surface area contributed by atoms with Gasteiger partial charge in [0, 0.05) is 66.4 Å². The lowest BCUT2D eigenvalue weighted by molar-refractivity contribution is -0.796. The van der Waals surface area contributed by atoms with Gasteiger partial charge < -0.3 is 93.5 Å². The summed E-state index contributed by atoms with van der Waals surface area (Å²) in [5.41, 5.74) is 9.23. The Morgan fingerprint density at radius 2 is 1.01 bits per heavy atom. The van der Waals surface area contributed by atoms with Crippen molar-refractivity contribution in [3.05, 3.63) is 94.0 Å². The zero-order valence-electron chi connectivity index (χ0n) is 77.1. The highest BCUT2D eigenvalue weighted by Gasteiger charge is 2.57. The fraction of sp³-hybridized carbons (Fsp3) is 0.674. The molecule has 4 bridgehead atoms. The van der Waals surface area contributed by atoms with Gasteiger partial charge in [-0.2, -0.15) is 0 Å². The number of nitrogen functional groups attached to an aromatic ring is 2. The topological polar surface area (TPSA) is 537 Å². The first-order valence-corrected chi connectivity index (χ1v) is 43.2. The van der Waals surface area contributed by atoms with Gasteiger partial charge in [0.2, 0.25) is 0 Å². The van der Waals surface area contributed by atoms with Crippen LogP contribution in [0.1, 0.15) is 175 Å². The SMILES string of the molecule is C.CC[C@H]1OC(=O)[C@H](C)C(=O)[C@H](C)[C@@H](O[C@@H]2O[C@H](C)C[C@H](N(C)C)[C@H]2O)[C@@]2(C)C[C@@H](C)/C(=N\[N+](=O)O)[C@H](C)[C@@H](OC/C(=N\OCc3ccc(-c4cccc(N)n4)nc3)CO2)[C@]1(C)O.CC[C@H]1OC(=O)[C@H](C)C(=O)[C@H](C)[C@@H](O[C@@H]2O[C@H](C)C[C@H](N(C)C)[C@H]2OC(C)=O)[C@@]2(C)C[C@@H](C)/C(=N\[N+](=O)O)[C@H](C)[C@@H](OCC(=O)CO2)[C@]1(C)O.NOCc1ccc(-c2cccc(N)n2)nc1. The first-order valence-electron chi connectivity index (χ1n) is 43.2. The average Bonchev–Trinajstić information content (AvgIpc) is 1.76. The molecule has 0 saturated carbocycles.